The van der Waals surface area contributed by atoms with E-state index >= 15 is 0 Å². The molecule has 2 heterocycles. The lowest BCUT2D eigenvalue weighted by Gasteiger charge is -2.19. The average Bonchev–Trinajstić information content (AvgIpc) is 3.02. The molecule has 1 fully saturated rings. The van der Waals surface area contributed by atoms with E-state index in [2.05, 4.69) is 9.97 Å². The highest BCUT2D eigenvalue weighted by Gasteiger charge is 2.27. The Morgan fingerprint density at radius 1 is 1.15 bits per heavy atom. The number of nitrogens with zero attached hydrogens (tertiary/aromatic N) is 2. The first kappa shape index (κ1) is 12.8. The summed E-state index contributed by atoms with van der Waals surface area (Å²) in [6.45, 7) is 0. The zero-order valence-electron chi connectivity index (χ0n) is 11.2. The van der Waals surface area contributed by atoms with Gasteiger partial charge in [0, 0.05) is 16.7 Å². The SMILES string of the molecule is O=C1CCCC[C@@H]1Sc1ncnc2sc3c(c12)CCC3. The van der Waals surface area contributed by atoms with Crippen molar-refractivity contribution in [1.82, 2.24) is 9.97 Å². The van der Waals surface area contributed by atoms with Crippen LogP contribution in [0.2, 0.25) is 0 Å². The molecule has 0 unspecified atom stereocenters. The lowest BCUT2D eigenvalue weighted by molar-refractivity contribution is -0.119. The van der Waals surface area contributed by atoms with E-state index in [1.807, 2.05) is 11.3 Å². The summed E-state index contributed by atoms with van der Waals surface area (Å²) in [6.07, 6.45) is 9.21. The highest BCUT2D eigenvalue weighted by molar-refractivity contribution is 8.00. The number of thiophene rings is 1. The lowest BCUT2D eigenvalue weighted by Crippen LogP contribution is -2.21. The van der Waals surface area contributed by atoms with Crippen molar-refractivity contribution in [3.63, 3.8) is 0 Å². The molecule has 1 atom stereocenters. The zero-order valence-corrected chi connectivity index (χ0v) is 12.9. The number of Topliss-reactive ketones (excluding diaryl/α,β-unsaturated/α-hetero) is 1. The predicted octanol–water partition coefficient (Wildman–Crippen LogP) is 3.78. The van der Waals surface area contributed by atoms with E-state index in [9.17, 15) is 4.79 Å². The third-order valence-corrected chi connectivity index (χ3v) is 6.73. The Hall–Kier alpha value is -0.940. The molecule has 0 saturated heterocycles. The fourth-order valence-corrected chi connectivity index (χ4v) is 5.74. The van der Waals surface area contributed by atoms with E-state index in [0.29, 0.717) is 5.78 Å². The molecule has 2 aliphatic carbocycles. The van der Waals surface area contributed by atoms with Gasteiger partial charge in [-0.3, -0.25) is 4.79 Å². The molecule has 3 nitrogen and oxygen atoms in total. The van der Waals surface area contributed by atoms with E-state index < -0.39 is 0 Å². The van der Waals surface area contributed by atoms with Gasteiger partial charge < -0.3 is 0 Å². The smallest absolute Gasteiger partial charge is 0.146 e. The first-order valence-corrected chi connectivity index (χ1v) is 8.97. The molecule has 2 aliphatic rings. The molecule has 5 heteroatoms. The Morgan fingerprint density at radius 3 is 3.00 bits per heavy atom. The van der Waals surface area contributed by atoms with Crippen molar-refractivity contribution in [3.05, 3.63) is 16.8 Å². The number of thioether (sulfide) groups is 1. The molecule has 0 amide bonds. The first-order valence-electron chi connectivity index (χ1n) is 7.27. The van der Waals surface area contributed by atoms with Gasteiger partial charge in [-0.05, 0) is 37.7 Å². The van der Waals surface area contributed by atoms with Gasteiger partial charge in [0.2, 0.25) is 0 Å². The first-order chi connectivity index (χ1) is 9.83. The van der Waals surface area contributed by atoms with Crippen molar-refractivity contribution in [2.45, 2.75) is 55.2 Å². The summed E-state index contributed by atoms with van der Waals surface area (Å²) in [4.78, 5) is 23.6. The number of carbonyl (C=O) groups is 1. The predicted molar refractivity (Wildman–Crippen MR) is 82.6 cm³/mol. The van der Waals surface area contributed by atoms with Crippen molar-refractivity contribution >= 4 is 39.1 Å². The summed E-state index contributed by atoms with van der Waals surface area (Å²) < 4.78 is 0. The van der Waals surface area contributed by atoms with Crippen molar-refractivity contribution in [3.8, 4) is 0 Å². The summed E-state index contributed by atoms with van der Waals surface area (Å²) >= 11 is 3.49. The topological polar surface area (TPSA) is 42.9 Å². The number of hydrogen-bond donors (Lipinski definition) is 0. The van der Waals surface area contributed by atoms with Crippen molar-refractivity contribution in [2.75, 3.05) is 0 Å². The maximum Gasteiger partial charge on any atom is 0.146 e. The maximum absolute atomic E-state index is 12.0. The number of carbonyl (C=O) groups excluding carboxylic acids is 1. The van der Waals surface area contributed by atoms with E-state index in [4.69, 9.17) is 0 Å². The van der Waals surface area contributed by atoms with Crippen LogP contribution in [0.4, 0.5) is 0 Å². The Morgan fingerprint density at radius 2 is 2.10 bits per heavy atom. The number of rotatable bonds is 2. The van der Waals surface area contributed by atoms with Crippen molar-refractivity contribution in [1.29, 1.82) is 0 Å². The fourth-order valence-electron chi connectivity index (χ4n) is 3.20. The van der Waals surface area contributed by atoms with Gasteiger partial charge in [-0.25, -0.2) is 9.97 Å². The highest BCUT2D eigenvalue weighted by Crippen LogP contribution is 2.42. The summed E-state index contributed by atoms with van der Waals surface area (Å²) in [6, 6.07) is 0. The Kier molecular flexibility index (Phi) is 3.27. The normalized spacial score (nSPS) is 22.4. The van der Waals surface area contributed by atoms with Crippen LogP contribution in [-0.4, -0.2) is 21.0 Å². The van der Waals surface area contributed by atoms with E-state index in [0.717, 1.165) is 35.5 Å². The van der Waals surface area contributed by atoms with E-state index in [1.165, 1.54) is 35.1 Å². The van der Waals surface area contributed by atoms with Gasteiger partial charge in [0.05, 0.1) is 5.25 Å². The molecule has 1 saturated carbocycles. The number of aryl methyl sites for hydroxylation is 2. The molecule has 2 aromatic rings. The number of hydrogen-bond acceptors (Lipinski definition) is 5. The van der Waals surface area contributed by atoms with Gasteiger partial charge in [0.1, 0.15) is 22.0 Å². The van der Waals surface area contributed by atoms with Crippen LogP contribution in [0, 0.1) is 0 Å². The molecule has 4 rings (SSSR count). The summed E-state index contributed by atoms with van der Waals surface area (Å²) in [5, 5.41) is 2.39. The van der Waals surface area contributed by atoms with Crippen LogP contribution in [0.3, 0.4) is 0 Å². The second-order valence-electron chi connectivity index (χ2n) is 5.53. The van der Waals surface area contributed by atoms with Crippen LogP contribution in [0.15, 0.2) is 11.4 Å². The number of ketones is 1. The summed E-state index contributed by atoms with van der Waals surface area (Å²) in [7, 11) is 0. The fraction of sp³-hybridized carbons (Fsp3) is 0.533. The summed E-state index contributed by atoms with van der Waals surface area (Å²) in [5.41, 5.74) is 1.45. The van der Waals surface area contributed by atoms with Crippen molar-refractivity contribution in [2.24, 2.45) is 0 Å². The molecule has 20 heavy (non-hydrogen) atoms. The number of fused-ring (bicyclic) bond motifs is 3. The second-order valence-corrected chi connectivity index (χ2v) is 7.81. The molecule has 0 aliphatic heterocycles. The number of aromatic nitrogens is 2. The standard InChI is InChI=1S/C15H16N2OS2/c18-10-5-1-2-6-12(10)20-15-13-9-4-3-7-11(9)19-14(13)16-8-17-15/h8,12H,1-7H2/t12-/m0/s1. The van der Waals surface area contributed by atoms with Gasteiger partial charge in [-0.2, -0.15) is 0 Å². The van der Waals surface area contributed by atoms with Crippen LogP contribution in [0.25, 0.3) is 10.2 Å². The average molecular weight is 304 g/mol. The van der Waals surface area contributed by atoms with Crippen LogP contribution < -0.4 is 0 Å². The maximum atomic E-state index is 12.0. The van der Waals surface area contributed by atoms with Crippen LogP contribution in [0.1, 0.15) is 42.5 Å². The lowest BCUT2D eigenvalue weighted by atomic mass is 9.99. The molecule has 0 bridgehead atoms. The van der Waals surface area contributed by atoms with Gasteiger partial charge >= 0.3 is 0 Å². The molecule has 0 radical (unpaired) electrons. The van der Waals surface area contributed by atoms with E-state index in [1.54, 1.807) is 18.1 Å². The quantitative estimate of drug-likeness (QED) is 0.792. The van der Waals surface area contributed by atoms with Gasteiger partial charge in [-0.15, -0.1) is 11.3 Å². The van der Waals surface area contributed by atoms with E-state index in [-0.39, 0.29) is 5.25 Å². The van der Waals surface area contributed by atoms with Gasteiger partial charge in [-0.1, -0.05) is 18.2 Å². The third kappa shape index (κ3) is 2.07. The Balaban J connectivity index is 1.74. The Labute approximate surface area is 126 Å². The largest absolute Gasteiger partial charge is 0.298 e. The van der Waals surface area contributed by atoms with Gasteiger partial charge in [0.15, 0.2) is 0 Å². The van der Waals surface area contributed by atoms with Crippen LogP contribution in [0.5, 0.6) is 0 Å². The molecule has 0 spiro atoms. The zero-order chi connectivity index (χ0) is 13.5. The monoisotopic (exact) mass is 304 g/mol. The minimum absolute atomic E-state index is 0.110. The highest BCUT2D eigenvalue weighted by atomic mass is 32.2. The molecule has 0 N–H and O–H groups in total. The van der Waals surface area contributed by atoms with Crippen LogP contribution >= 0.6 is 23.1 Å². The minimum atomic E-state index is 0.110. The Bertz CT molecular complexity index is 680. The van der Waals surface area contributed by atoms with Crippen molar-refractivity contribution < 1.29 is 4.79 Å². The molecular formula is C15H16N2OS2. The minimum Gasteiger partial charge on any atom is -0.298 e. The molecule has 2 aromatic heterocycles. The molecule has 104 valence electrons. The third-order valence-electron chi connectivity index (χ3n) is 4.22. The second kappa shape index (κ2) is 5.11. The molecular weight excluding hydrogens is 288 g/mol. The molecule has 0 aromatic carbocycles. The van der Waals surface area contributed by atoms with Crippen LogP contribution in [-0.2, 0) is 17.6 Å². The van der Waals surface area contributed by atoms with Gasteiger partial charge in [0.25, 0.3) is 0 Å². The summed E-state index contributed by atoms with van der Waals surface area (Å²) in [5.74, 6) is 0.403.